The molecule has 0 atom stereocenters. The molecule has 0 bridgehead atoms. The number of benzene rings is 1. The molecule has 84 valence electrons. The van der Waals surface area contributed by atoms with Gasteiger partial charge in [-0.15, -0.1) is 12.6 Å². The summed E-state index contributed by atoms with van der Waals surface area (Å²) in [5.41, 5.74) is 2.24. The van der Waals surface area contributed by atoms with Gasteiger partial charge in [0, 0.05) is 11.6 Å². The molecule has 0 aliphatic heterocycles. The third-order valence-electron chi connectivity index (χ3n) is 2.82. The van der Waals surface area contributed by atoms with Crippen LogP contribution in [0.5, 0.6) is 0 Å². The van der Waals surface area contributed by atoms with E-state index < -0.39 is 0 Å². The average Bonchev–Trinajstić information content (AvgIpc) is 2.68. The lowest BCUT2D eigenvalue weighted by molar-refractivity contribution is 0.754. The molecule has 2 nitrogen and oxygen atoms in total. The van der Waals surface area contributed by atoms with Crippen LogP contribution >= 0.6 is 12.6 Å². The van der Waals surface area contributed by atoms with Crippen molar-refractivity contribution in [3.05, 3.63) is 60.3 Å². The number of hydrogen-bond acceptors (Lipinski definition) is 2. The van der Waals surface area contributed by atoms with Crippen LogP contribution in [0.2, 0.25) is 0 Å². The highest BCUT2D eigenvalue weighted by Crippen LogP contribution is 2.21. The summed E-state index contributed by atoms with van der Waals surface area (Å²) in [6.45, 7) is 0.806. The molecule has 3 heteroatoms. The van der Waals surface area contributed by atoms with Crippen molar-refractivity contribution in [2.24, 2.45) is 0 Å². The Bertz CT molecular complexity index is 644. The van der Waals surface area contributed by atoms with Gasteiger partial charge < -0.3 is 4.57 Å². The predicted molar refractivity (Wildman–Crippen MR) is 72.5 cm³/mol. The van der Waals surface area contributed by atoms with E-state index in [0.29, 0.717) is 0 Å². The van der Waals surface area contributed by atoms with Crippen molar-refractivity contribution in [1.82, 2.24) is 9.55 Å². The first-order valence-corrected chi connectivity index (χ1v) is 5.96. The Balaban J connectivity index is 2.08. The van der Waals surface area contributed by atoms with Gasteiger partial charge in [0.1, 0.15) is 5.65 Å². The minimum atomic E-state index is 0.806. The van der Waals surface area contributed by atoms with Crippen LogP contribution in [0.4, 0.5) is 0 Å². The Morgan fingerprint density at radius 2 is 1.88 bits per heavy atom. The highest BCUT2D eigenvalue weighted by molar-refractivity contribution is 7.80. The number of nitrogens with zero attached hydrogens (tertiary/aromatic N) is 2. The lowest BCUT2D eigenvalue weighted by Gasteiger charge is -2.06. The predicted octanol–water partition coefficient (Wildman–Crippen LogP) is 3.37. The maximum absolute atomic E-state index is 4.51. The molecule has 0 aliphatic rings. The molecule has 0 spiro atoms. The van der Waals surface area contributed by atoms with Gasteiger partial charge in [-0.05, 0) is 23.8 Å². The molecule has 0 aliphatic carbocycles. The van der Waals surface area contributed by atoms with Crippen molar-refractivity contribution in [2.45, 2.75) is 11.6 Å². The van der Waals surface area contributed by atoms with Gasteiger partial charge >= 0.3 is 0 Å². The molecule has 0 amide bonds. The first kappa shape index (κ1) is 10.4. The molecule has 0 saturated carbocycles. The first-order valence-electron chi connectivity index (χ1n) is 5.52. The third kappa shape index (κ3) is 1.94. The van der Waals surface area contributed by atoms with Crippen LogP contribution in [0.15, 0.2) is 59.8 Å². The zero-order chi connectivity index (χ0) is 11.7. The number of hydrogen-bond donors (Lipinski definition) is 1. The second-order valence-corrected chi connectivity index (χ2v) is 4.45. The summed E-state index contributed by atoms with van der Waals surface area (Å²) in [5, 5.41) is 2.08. The Hall–Kier alpha value is -1.74. The summed E-state index contributed by atoms with van der Waals surface area (Å²) in [4.78, 5) is 4.41. The van der Waals surface area contributed by atoms with Gasteiger partial charge in [-0.25, -0.2) is 4.98 Å². The minimum Gasteiger partial charge on any atom is -0.316 e. The van der Waals surface area contributed by atoms with Gasteiger partial charge in [0.15, 0.2) is 0 Å². The lowest BCUT2D eigenvalue weighted by atomic mass is 10.2. The van der Waals surface area contributed by atoms with E-state index in [1.54, 1.807) is 0 Å². The molecule has 0 fully saturated rings. The van der Waals surface area contributed by atoms with Gasteiger partial charge in [-0.1, -0.05) is 30.3 Å². The Kier molecular flexibility index (Phi) is 2.61. The molecule has 0 radical (unpaired) electrons. The second-order valence-electron chi connectivity index (χ2n) is 3.99. The zero-order valence-electron chi connectivity index (χ0n) is 9.24. The van der Waals surface area contributed by atoms with E-state index in [1.807, 2.05) is 36.5 Å². The van der Waals surface area contributed by atoms with E-state index >= 15 is 0 Å². The second kappa shape index (κ2) is 4.26. The van der Waals surface area contributed by atoms with Gasteiger partial charge in [-0.3, -0.25) is 0 Å². The monoisotopic (exact) mass is 240 g/mol. The van der Waals surface area contributed by atoms with E-state index in [9.17, 15) is 0 Å². The molecule has 0 saturated heterocycles. The maximum Gasteiger partial charge on any atom is 0.141 e. The quantitative estimate of drug-likeness (QED) is 0.680. The van der Waals surface area contributed by atoms with Gasteiger partial charge in [-0.2, -0.15) is 0 Å². The zero-order valence-corrected chi connectivity index (χ0v) is 10.1. The van der Waals surface area contributed by atoms with Crippen LogP contribution in [0.1, 0.15) is 5.56 Å². The molecular formula is C14H12N2S. The van der Waals surface area contributed by atoms with Crippen LogP contribution in [0.25, 0.3) is 11.0 Å². The number of fused-ring (bicyclic) bond motifs is 1. The van der Waals surface area contributed by atoms with Crippen molar-refractivity contribution in [3.8, 4) is 0 Å². The van der Waals surface area contributed by atoms with E-state index in [0.717, 1.165) is 22.6 Å². The van der Waals surface area contributed by atoms with Gasteiger partial charge in [0.25, 0.3) is 0 Å². The fourth-order valence-corrected chi connectivity index (χ4v) is 2.30. The highest BCUT2D eigenvalue weighted by atomic mass is 32.1. The highest BCUT2D eigenvalue weighted by Gasteiger charge is 2.06. The molecular weight excluding hydrogens is 228 g/mol. The van der Waals surface area contributed by atoms with Crippen LogP contribution in [0, 0.1) is 0 Å². The molecule has 0 N–H and O–H groups in total. The molecule has 1 aromatic carbocycles. The average molecular weight is 240 g/mol. The van der Waals surface area contributed by atoms with E-state index in [-0.39, 0.29) is 0 Å². The van der Waals surface area contributed by atoms with Crippen molar-refractivity contribution < 1.29 is 0 Å². The first-order chi connectivity index (χ1) is 8.34. The summed E-state index contributed by atoms with van der Waals surface area (Å²) >= 11 is 4.51. The van der Waals surface area contributed by atoms with Gasteiger partial charge in [0.05, 0.1) is 11.6 Å². The van der Waals surface area contributed by atoms with Crippen molar-refractivity contribution in [1.29, 1.82) is 0 Å². The van der Waals surface area contributed by atoms with E-state index in [2.05, 4.69) is 40.4 Å². The summed E-state index contributed by atoms with van der Waals surface area (Å²) in [7, 11) is 0. The largest absolute Gasteiger partial charge is 0.316 e. The number of aromatic nitrogens is 2. The van der Waals surface area contributed by atoms with Crippen molar-refractivity contribution >= 4 is 23.7 Å². The van der Waals surface area contributed by atoms with E-state index in [4.69, 9.17) is 0 Å². The third-order valence-corrected chi connectivity index (χ3v) is 3.19. The molecule has 3 rings (SSSR count). The molecule has 2 aromatic heterocycles. The summed E-state index contributed by atoms with van der Waals surface area (Å²) in [6.07, 6.45) is 1.82. The maximum atomic E-state index is 4.51. The standard InChI is InChI=1S/C14H12N2S/c17-13-9-12-7-4-8-15-14(12)16(13)10-11-5-2-1-3-6-11/h1-9,17H,10H2. The fraction of sp³-hybridized carbons (Fsp3) is 0.0714. The Morgan fingerprint density at radius 1 is 1.06 bits per heavy atom. The van der Waals surface area contributed by atoms with Gasteiger partial charge in [0.2, 0.25) is 0 Å². The minimum absolute atomic E-state index is 0.806. The summed E-state index contributed by atoms with van der Waals surface area (Å²) in [6, 6.07) is 16.4. The van der Waals surface area contributed by atoms with Crippen LogP contribution in [-0.2, 0) is 6.54 Å². The van der Waals surface area contributed by atoms with Crippen molar-refractivity contribution in [2.75, 3.05) is 0 Å². The van der Waals surface area contributed by atoms with E-state index in [1.165, 1.54) is 5.56 Å². The number of rotatable bonds is 2. The fourth-order valence-electron chi connectivity index (χ4n) is 1.99. The van der Waals surface area contributed by atoms with Crippen molar-refractivity contribution in [3.63, 3.8) is 0 Å². The van der Waals surface area contributed by atoms with Crippen LogP contribution < -0.4 is 0 Å². The van der Waals surface area contributed by atoms with Crippen LogP contribution in [0.3, 0.4) is 0 Å². The molecule has 2 heterocycles. The molecule has 0 unspecified atom stereocenters. The normalized spacial score (nSPS) is 10.9. The molecule has 3 aromatic rings. The molecule has 17 heavy (non-hydrogen) atoms. The topological polar surface area (TPSA) is 17.8 Å². The smallest absolute Gasteiger partial charge is 0.141 e. The Morgan fingerprint density at radius 3 is 2.71 bits per heavy atom. The summed E-state index contributed by atoms with van der Waals surface area (Å²) < 4.78 is 2.12. The lowest BCUT2D eigenvalue weighted by Crippen LogP contribution is -2.00. The SMILES string of the molecule is Sc1cc2cccnc2n1Cc1ccccc1. The number of pyridine rings is 1. The van der Waals surface area contributed by atoms with Crippen LogP contribution in [-0.4, -0.2) is 9.55 Å². The Labute approximate surface area is 105 Å². The summed E-state index contributed by atoms with van der Waals surface area (Å²) in [5.74, 6) is 0. The number of thiol groups is 1.